The molecule has 0 aliphatic heterocycles. The molecule has 0 spiro atoms. The van der Waals surface area contributed by atoms with Crippen molar-refractivity contribution < 1.29 is 18.3 Å². The first-order valence-electron chi connectivity index (χ1n) is 7.94. The number of benzene rings is 1. The van der Waals surface area contributed by atoms with Crippen LogP contribution in [0.4, 0.5) is 13.6 Å². The Kier molecular flexibility index (Phi) is 7.12. The second kappa shape index (κ2) is 9.31. The Balaban J connectivity index is 1.73. The van der Waals surface area contributed by atoms with E-state index in [9.17, 15) is 13.6 Å². The standard InChI is InChI=1S/C17H21F2N3O2S/c1-3-15-21-13(11-25-15)10-22(2)17(23)20-9-8-12-4-6-14(7-5-12)24-16(18)19/h4-7,11,16H,3,8-10H2,1-2H3,(H,20,23). The Morgan fingerprint density at radius 3 is 2.68 bits per heavy atom. The van der Waals surface area contributed by atoms with Crippen molar-refractivity contribution in [2.75, 3.05) is 13.6 Å². The average molecular weight is 369 g/mol. The monoisotopic (exact) mass is 369 g/mol. The minimum Gasteiger partial charge on any atom is -0.435 e. The highest BCUT2D eigenvalue weighted by atomic mass is 32.1. The van der Waals surface area contributed by atoms with Crippen molar-refractivity contribution in [3.05, 3.63) is 45.9 Å². The summed E-state index contributed by atoms with van der Waals surface area (Å²) in [5.74, 6) is 0.122. The Labute approximate surface area is 149 Å². The van der Waals surface area contributed by atoms with Crippen LogP contribution in [0, 0.1) is 0 Å². The number of nitrogens with zero attached hydrogens (tertiary/aromatic N) is 2. The molecule has 1 aromatic heterocycles. The van der Waals surface area contributed by atoms with Crippen molar-refractivity contribution in [2.24, 2.45) is 0 Å². The van der Waals surface area contributed by atoms with Crippen LogP contribution in [0.15, 0.2) is 29.6 Å². The molecule has 1 N–H and O–H groups in total. The number of urea groups is 1. The Morgan fingerprint density at radius 2 is 2.08 bits per heavy atom. The molecule has 0 fully saturated rings. The Morgan fingerprint density at radius 1 is 1.36 bits per heavy atom. The molecule has 5 nitrogen and oxygen atoms in total. The zero-order chi connectivity index (χ0) is 18.2. The highest BCUT2D eigenvalue weighted by molar-refractivity contribution is 7.09. The van der Waals surface area contributed by atoms with Gasteiger partial charge in [-0.05, 0) is 30.5 Å². The number of carbonyl (C=O) groups excluding carboxylic acids is 1. The molecule has 0 aliphatic carbocycles. The zero-order valence-corrected chi connectivity index (χ0v) is 15.0. The van der Waals surface area contributed by atoms with Gasteiger partial charge in [0.2, 0.25) is 0 Å². The number of hydrogen-bond donors (Lipinski definition) is 1. The normalized spacial score (nSPS) is 10.8. The summed E-state index contributed by atoms with van der Waals surface area (Å²) in [5, 5.41) is 5.85. The van der Waals surface area contributed by atoms with E-state index in [2.05, 4.69) is 15.0 Å². The number of thiazole rings is 1. The fourth-order valence-corrected chi connectivity index (χ4v) is 2.92. The van der Waals surface area contributed by atoms with E-state index in [0.29, 0.717) is 19.5 Å². The van der Waals surface area contributed by atoms with Gasteiger partial charge in [0.25, 0.3) is 0 Å². The molecular formula is C17H21F2N3O2S. The second-order valence-electron chi connectivity index (χ2n) is 5.45. The van der Waals surface area contributed by atoms with Gasteiger partial charge in [0.1, 0.15) is 5.75 Å². The Bertz CT molecular complexity index is 677. The van der Waals surface area contributed by atoms with Crippen molar-refractivity contribution >= 4 is 17.4 Å². The fourth-order valence-electron chi connectivity index (χ4n) is 2.19. The van der Waals surface area contributed by atoms with E-state index in [1.165, 1.54) is 12.1 Å². The van der Waals surface area contributed by atoms with E-state index in [1.807, 2.05) is 12.3 Å². The molecule has 1 aromatic carbocycles. The van der Waals surface area contributed by atoms with Gasteiger partial charge in [0.15, 0.2) is 0 Å². The molecule has 0 radical (unpaired) electrons. The van der Waals surface area contributed by atoms with Crippen molar-refractivity contribution in [1.82, 2.24) is 15.2 Å². The van der Waals surface area contributed by atoms with Crippen LogP contribution >= 0.6 is 11.3 Å². The summed E-state index contributed by atoms with van der Waals surface area (Å²) >= 11 is 1.60. The SMILES string of the molecule is CCc1nc(CN(C)C(=O)NCCc2ccc(OC(F)F)cc2)cs1. The molecule has 2 rings (SSSR count). The summed E-state index contributed by atoms with van der Waals surface area (Å²) in [7, 11) is 1.72. The van der Waals surface area contributed by atoms with Crippen molar-refractivity contribution in [3.8, 4) is 5.75 Å². The van der Waals surface area contributed by atoms with Gasteiger partial charge in [-0.3, -0.25) is 0 Å². The summed E-state index contributed by atoms with van der Waals surface area (Å²) in [5.41, 5.74) is 1.81. The molecule has 2 aromatic rings. The second-order valence-corrected chi connectivity index (χ2v) is 6.39. The van der Waals surface area contributed by atoms with E-state index in [4.69, 9.17) is 0 Å². The predicted octanol–water partition coefficient (Wildman–Crippen LogP) is 3.69. The minimum absolute atomic E-state index is 0.122. The lowest BCUT2D eigenvalue weighted by Crippen LogP contribution is -2.37. The highest BCUT2D eigenvalue weighted by Crippen LogP contribution is 2.15. The zero-order valence-electron chi connectivity index (χ0n) is 14.2. The minimum atomic E-state index is -2.83. The lowest BCUT2D eigenvalue weighted by Gasteiger charge is -2.16. The lowest BCUT2D eigenvalue weighted by atomic mass is 10.1. The first-order chi connectivity index (χ1) is 12.0. The number of aryl methyl sites for hydroxylation is 1. The average Bonchev–Trinajstić information content (AvgIpc) is 3.03. The van der Waals surface area contributed by atoms with Crippen molar-refractivity contribution in [2.45, 2.75) is 32.9 Å². The fraction of sp³-hybridized carbons (Fsp3) is 0.412. The van der Waals surface area contributed by atoms with E-state index < -0.39 is 6.61 Å². The largest absolute Gasteiger partial charge is 0.435 e. The molecule has 0 aliphatic rings. The summed E-state index contributed by atoms with van der Waals surface area (Å²) in [6.07, 6.45) is 1.49. The van der Waals surface area contributed by atoms with Crippen molar-refractivity contribution in [3.63, 3.8) is 0 Å². The summed E-state index contributed by atoms with van der Waals surface area (Å²) in [4.78, 5) is 18.1. The van der Waals surface area contributed by atoms with E-state index in [0.717, 1.165) is 22.7 Å². The topological polar surface area (TPSA) is 54.5 Å². The Hall–Kier alpha value is -2.22. The quantitative estimate of drug-likeness (QED) is 0.772. The van der Waals surface area contributed by atoms with Crippen LogP contribution < -0.4 is 10.1 Å². The molecule has 136 valence electrons. The number of halogens is 2. The van der Waals surface area contributed by atoms with Gasteiger partial charge < -0.3 is 15.0 Å². The first kappa shape index (κ1) is 19.1. The molecular weight excluding hydrogens is 348 g/mol. The molecule has 0 saturated carbocycles. The van der Waals surface area contributed by atoms with E-state index in [1.54, 1.807) is 35.4 Å². The summed E-state index contributed by atoms with van der Waals surface area (Å²) in [6.45, 7) is 0.134. The van der Waals surface area contributed by atoms with Crippen LogP contribution in [-0.4, -0.2) is 36.1 Å². The summed E-state index contributed by atoms with van der Waals surface area (Å²) < 4.78 is 28.5. The van der Waals surface area contributed by atoms with Crippen LogP contribution in [0.5, 0.6) is 5.75 Å². The van der Waals surface area contributed by atoms with Crippen LogP contribution in [0.1, 0.15) is 23.2 Å². The molecule has 0 bridgehead atoms. The molecule has 8 heteroatoms. The highest BCUT2D eigenvalue weighted by Gasteiger charge is 2.10. The van der Waals surface area contributed by atoms with E-state index >= 15 is 0 Å². The van der Waals surface area contributed by atoms with Gasteiger partial charge in [-0.15, -0.1) is 11.3 Å². The smallest absolute Gasteiger partial charge is 0.387 e. The van der Waals surface area contributed by atoms with Crippen LogP contribution in [0.2, 0.25) is 0 Å². The van der Waals surface area contributed by atoms with Gasteiger partial charge >= 0.3 is 12.6 Å². The molecule has 0 saturated heterocycles. The van der Waals surface area contributed by atoms with E-state index in [-0.39, 0.29) is 11.8 Å². The third-order valence-corrected chi connectivity index (χ3v) is 4.53. The molecule has 25 heavy (non-hydrogen) atoms. The lowest BCUT2D eigenvalue weighted by molar-refractivity contribution is -0.0498. The first-order valence-corrected chi connectivity index (χ1v) is 8.82. The molecule has 1 heterocycles. The van der Waals surface area contributed by atoms with Gasteiger partial charge in [0.05, 0.1) is 17.2 Å². The molecule has 2 amide bonds. The van der Waals surface area contributed by atoms with Crippen LogP contribution in [0.25, 0.3) is 0 Å². The number of hydrogen-bond acceptors (Lipinski definition) is 4. The van der Waals surface area contributed by atoms with Gasteiger partial charge in [-0.2, -0.15) is 8.78 Å². The van der Waals surface area contributed by atoms with Crippen molar-refractivity contribution in [1.29, 1.82) is 0 Å². The number of carbonyl (C=O) groups is 1. The van der Waals surface area contributed by atoms with Crippen LogP contribution in [-0.2, 0) is 19.4 Å². The van der Waals surface area contributed by atoms with Gasteiger partial charge in [0, 0.05) is 19.0 Å². The number of ether oxygens (including phenoxy) is 1. The maximum absolute atomic E-state index is 12.1. The number of rotatable bonds is 8. The number of amides is 2. The van der Waals surface area contributed by atoms with Gasteiger partial charge in [-0.1, -0.05) is 19.1 Å². The predicted molar refractivity (Wildman–Crippen MR) is 93.1 cm³/mol. The third-order valence-electron chi connectivity index (χ3n) is 3.49. The van der Waals surface area contributed by atoms with Gasteiger partial charge in [-0.25, -0.2) is 9.78 Å². The maximum Gasteiger partial charge on any atom is 0.387 e. The summed E-state index contributed by atoms with van der Waals surface area (Å²) in [6, 6.07) is 6.21. The number of alkyl halides is 2. The number of aromatic nitrogens is 1. The third kappa shape index (κ3) is 6.30. The maximum atomic E-state index is 12.1. The van der Waals surface area contributed by atoms with Crippen LogP contribution in [0.3, 0.4) is 0 Å². The molecule has 0 atom stereocenters. The molecule has 0 unspecified atom stereocenters. The number of nitrogens with one attached hydrogen (secondary N) is 1.